The van der Waals surface area contributed by atoms with Gasteiger partial charge in [0.05, 0.1) is 12.1 Å². The molecule has 1 fully saturated rings. The van der Waals surface area contributed by atoms with Gasteiger partial charge in [0.25, 0.3) is 5.91 Å². The minimum Gasteiger partial charge on any atom is -0.349 e. The number of amides is 2. The second kappa shape index (κ2) is 6.68. The van der Waals surface area contributed by atoms with E-state index in [4.69, 9.17) is 0 Å². The molecule has 0 radical (unpaired) electrons. The Morgan fingerprint density at radius 2 is 2.08 bits per heavy atom. The number of aromatic nitrogens is 1. The molecule has 2 amide bonds. The van der Waals surface area contributed by atoms with Gasteiger partial charge in [-0.05, 0) is 50.5 Å². The van der Waals surface area contributed by atoms with E-state index in [-0.39, 0.29) is 30.1 Å². The maximum atomic E-state index is 13.1. The van der Waals surface area contributed by atoms with Gasteiger partial charge in [-0.15, -0.1) is 11.3 Å². The molecule has 7 heteroatoms. The van der Waals surface area contributed by atoms with Crippen LogP contribution in [0.15, 0.2) is 18.2 Å². The summed E-state index contributed by atoms with van der Waals surface area (Å²) in [7, 11) is 0. The zero-order chi connectivity index (χ0) is 17.3. The van der Waals surface area contributed by atoms with Gasteiger partial charge in [0.15, 0.2) is 0 Å². The zero-order valence-corrected chi connectivity index (χ0v) is 14.3. The summed E-state index contributed by atoms with van der Waals surface area (Å²) >= 11 is 1.24. The van der Waals surface area contributed by atoms with E-state index in [1.807, 2.05) is 0 Å². The van der Waals surface area contributed by atoms with Crippen molar-refractivity contribution in [3.63, 3.8) is 0 Å². The van der Waals surface area contributed by atoms with Gasteiger partial charge in [-0.25, -0.2) is 9.37 Å². The SMILES string of the molecule is Cc1cc(F)ccc1NC(=O)Cc1nc(C)c(C(=O)NC2CC2)s1. The lowest BCUT2D eigenvalue weighted by atomic mass is 10.2. The lowest BCUT2D eigenvalue weighted by Gasteiger charge is -2.07. The van der Waals surface area contributed by atoms with Crippen LogP contribution in [0.4, 0.5) is 10.1 Å². The fraction of sp³-hybridized carbons (Fsp3) is 0.353. The Kier molecular flexibility index (Phi) is 4.62. The highest BCUT2D eigenvalue weighted by molar-refractivity contribution is 7.13. The summed E-state index contributed by atoms with van der Waals surface area (Å²) in [4.78, 5) is 29.1. The van der Waals surface area contributed by atoms with Crippen LogP contribution in [0.1, 0.15) is 38.8 Å². The Balaban J connectivity index is 1.64. The number of benzene rings is 1. The predicted molar refractivity (Wildman–Crippen MR) is 90.8 cm³/mol. The summed E-state index contributed by atoms with van der Waals surface area (Å²) in [6.07, 6.45) is 2.13. The second-order valence-corrected chi connectivity index (χ2v) is 7.04. The number of thiazole rings is 1. The van der Waals surface area contributed by atoms with E-state index in [1.165, 1.54) is 29.5 Å². The van der Waals surface area contributed by atoms with Gasteiger partial charge in [0.1, 0.15) is 15.7 Å². The summed E-state index contributed by atoms with van der Waals surface area (Å²) in [6, 6.07) is 4.48. The minimum atomic E-state index is -0.340. The average molecular weight is 347 g/mol. The molecule has 24 heavy (non-hydrogen) atoms. The number of hydrogen-bond acceptors (Lipinski definition) is 4. The van der Waals surface area contributed by atoms with Crippen LogP contribution < -0.4 is 10.6 Å². The van der Waals surface area contributed by atoms with Crippen molar-refractivity contribution in [2.24, 2.45) is 0 Å². The van der Waals surface area contributed by atoms with Crippen LogP contribution in [0.5, 0.6) is 0 Å². The lowest BCUT2D eigenvalue weighted by Crippen LogP contribution is -2.25. The smallest absolute Gasteiger partial charge is 0.263 e. The Morgan fingerprint density at radius 1 is 1.33 bits per heavy atom. The number of nitrogens with one attached hydrogen (secondary N) is 2. The van der Waals surface area contributed by atoms with Crippen LogP contribution in [-0.2, 0) is 11.2 Å². The lowest BCUT2D eigenvalue weighted by molar-refractivity contribution is -0.115. The molecule has 1 aromatic heterocycles. The van der Waals surface area contributed by atoms with Crippen LogP contribution >= 0.6 is 11.3 Å². The van der Waals surface area contributed by atoms with Crippen molar-refractivity contribution in [2.45, 2.75) is 39.2 Å². The van der Waals surface area contributed by atoms with Crippen LogP contribution in [0.3, 0.4) is 0 Å². The molecule has 1 heterocycles. The van der Waals surface area contributed by atoms with Crippen molar-refractivity contribution in [3.8, 4) is 0 Å². The molecule has 0 atom stereocenters. The molecule has 126 valence electrons. The third-order valence-corrected chi connectivity index (χ3v) is 4.89. The number of anilines is 1. The molecule has 0 aliphatic heterocycles. The molecule has 1 saturated carbocycles. The number of aryl methyl sites for hydroxylation is 2. The highest BCUT2D eigenvalue weighted by Gasteiger charge is 2.26. The van der Waals surface area contributed by atoms with E-state index in [9.17, 15) is 14.0 Å². The highest BCUT2D eigenvalue weighted by atomic mass is 32.1. The predicted octanol–water partition coefficient (Wildman–Crippen LogP) is 2.97. The molecule has 0 saturated heterocycles. The molecule has 1 aliphatic carbocycles. The van der Waals surface area contributed by atoms with E-state index in [2.05, 4.69) is 15.6 Å². The largest absolute Gasteiger partial charge is 0.349 e. The van der Waals surface area contributed by atoms with Crippen LogP contribution in [0, 0.1) is 19.7 Å². The molecule has 3 rings (SSSR count). The van der Waals surface area contributed by atoms with E-state index in [1.54, 1.807) is 13.8 Å². The van der Waals surface area contributed by atoms with E-state index >= 15 is 0 Å². The van der Waals surface area contributed by atoms with Crippen molar-refractivity contribution < 1.29 is 14.0 Å². The van der Waals surface area contributed by atoms with Crippen LogP contribution in [0.2, 0.25) is 0 Å². The van der Waals surface area contributed by atoms with Gasteiger partial charge in [-0.1, -0.05) is 0 Å². The minimum absolute atomic E-state index is 0.0824. The number of rotatable bonds is 5. The highest BCUT2D eigenvalue weighted by Crippen LogP contribution is 2.23. The Morgan fingerprint density at radius 3 is 2.75 bits per heavy atom. The number of carbonyl (C=O) groups is 2. The standard InChI is InChI=1S/C17H18FN3O2S/c1-9-7-11(18)3-6-13(9)21-14(22)8-15-19-10(2)16(24-15)17(23)20-12-4-5-12/h3,6-7,12H,4-5,8H2,1-2H3,(H,20,23)(H,21,22). The Bertz CT molecular complexity index is 799. The molecule has 2 N–H and O–H groups in total. The van der Waals surface area contributed by atoms with Crippen molar-refractivity contribution >= 4 is 28.8 Å². The summed E-state index contributed by atoms with van der Waals surface area (Å²) in [5.41, 5.74) is 1.86. The average Bonchev–Trinajstić information content (AvgIpc) is 3.23. The first-order valence-corrected chi connectivity index (χ1v) is 8.57. The molecular formula is C17H18FN3O2S. The van der Waals surface area contributed by atoms with Crippen molar-refractivity contribution in [3.05, 3.63) is 45.2 Å². The normalized spacial score (nSPS) is 13.6. The first-order chi connectivity index (χ1) is 11.4. The Hall–Kier alpha value is -2.28. The zero-order valence-electron chi connectivity index (χ0n) is 13.5. The molecular weight excluding hydrogens is 329 g/mol. The maximum Gasteiger partial charge on any atom is 0.263 e. The molecule has 0 spiro atoms. The van der Waals surface area contributed by atoms with Gasteiger partial charge < -0.3 is 10.6 Å². The molecule has 1 aromatic carbocycles. The first-order valence-electron chi connectivity index (χ1n) is 7.75. The van der Waals surface area contributed by atoms with Crippen LogP contribution in [0.25, 0.3) is 0 Å². The first kappa shape index (κ1) is 16.6. The summed E-state index contributed by atoms with van der Waals surface area (Å²) in [5, 5.41) is 6.26. The molecule has 0 bridgehead atoms. The second-order valence-electron chi connectivity index (χ2n) is 5.95. The Labute approximate surface area is 143 Å². The van der Waals surface area contributed by atoms with Gasteiger partial charge >= 0.3 is 0 Å². The fourth-order valence-corrected chi connectivity index (χ4v) is 3.28. The number of hydrogen-bond donors (Lipinski definition) is 2. The van der Waals surface area contributed by atoms with Gasteiger partial charge in [-0.3, -0.25) is 9.59 Å². The van der Waals surface area contributed by atoms with Crippen molar-refractivity contribution in [1.82, 2.24) is 10.3 Å². The molecule has 1 aliphatic rings. The molecule has 0 unspecified atom stereocenters. The summed E-state index contributed by atoms with van der Waals surface area (Å²) in [5.74, 6) is -0.700. The fourth-order valence-electron chi connectivity index (χ4n) is 2.32. The number of nitrogens with zero attached hydrogens (tertiary/aromatic N) is 1. The maximum absolute atomic E-state index is 13.1. The van der Waals surface area contributed by atoms with Gasteiger partial charge in [-0.2, -0.15) is 0 Å². The topological polar surface area (TPSA) is 71.1 Å². The summed E-state index contributed by atoms with van der Waals surface area (Å²) in [6.45, 7) is 3.50. The monoisotopic (exact) mass is 347 g/mol. The number of carbonyl (C=O) groups excluding carboxylic acids is 2. The number of halogens is 1. The van der Waals surface area contributed by atoms with Crippen molar-refractivity contribution in [2.75, 3.05) is 5.32 Å². The van der Waals surface area contributed by atoms with Crippen LogP contribution in [-0.4, -0.2) is 22.8 Å². The van der Waals surface area contributed by atoms with E-state index in [0.717, 1.165) is 12.8 Å². The van der Waals surface area contributed by atoms with E-state index < -0.39 is 0 Å². The van der Waals surface area contributed by atoms with Crippen molar-refractivity contribution in [1.29, 1.82) is 0 Å². The van der Waals surface area contributed by atoms with E-state index in [0.29, 0.717) is 26.8 Å². The quantitative estimate of drug-likeness (QED) is 0.873. The third kappa shape index (κ3) is 3.97. The third-order valence-electron chi connectivity index (χ3n) is 3.73. The summed E-state index contributed by atoms with van der Waals surface area (Å²) < 4.78 is 13.1. The molecule has 2 aromatic rings. The van der Waals surface area contributed by atoms with Gasteiger partial charge in [0, 0.05) is 11.7 Å². The van der Waals surface area contributed by atoms with Gasteiger partial charge in [0.2, 0.25) is 5.91 Å². The molecule has 5 nitrogen and oxygen atoms in total.